The molecule has 1 aromatic heterocycles. The van der Waals surface area contributed by atoms with Crippen LogP contribution in [0.3, 0.4) is 0 Å². The van der Waals surface area contributed by atoms with Crippen LogP contribution in [0.4, 0.5) is 0 Å². The molecule has 2 amide bonds. The Bertz CT molecular complexity index is 840. The minimum atomic E-state index is -0.660. The van der Waals surface area contributed by atoms with E-state index in [-0.39, 0.29) is 11.7 Å². The number of H-pyrrole nitrogens is 1. The van der Waals surface area contributed by atoms with E-state index in [1.54, 1.807) is 18.2 Å². The van der Waals surface area contributed by atoms with Gasteiger partial charge < -0.3 is 16.0 Å². The fourth-order valence-electron chi connectivity index (χ4n) is 2.21. The molecule has 0 aliphatic carbocycles. The van der Waals surface area contributed by atoms with Gasteiger partial charge >= 0.3 is 0 Å². The molecule has 0 atom stereocenters. The molecule has 0 aliphatic heterocycles. The van der Waals surface area contributed by atoms with Gasteiger partial charge in [-0.2, -0.15) is 0 Å². The minimum absolute atomic E-state index is 0.0401. The van der Waals surface area contributed by atoms with Crippen LogP contribution in [-0.4, -0.2) is 21.8 Å². The fraction of sp³-hybridized carbons (Fsp3) is 0.0625. The summed E-state index contributed by atoms with van der Waals surface area (Å²) in [7, 11) is 0. The normalized spacial score (nSPS) is 10.5. The van der Waals surface area contributed by atoms with E-state index in [2.05, 4.69) is 15.3 Å². The first-order valence-corrected chi connectivity index (χ1v) is 6.76. The minimum Gasteiger partial charge on any atom is -0.363 e. The highest BCUT2D eigenvalue weighted by Crippen LogP contribution is 2.16. The van der Waals surface area contributed by atoms with Crippen molar-refractivity contribution in [2.75, 3.05) is 0 Å². The summed E-state index contributed by atoms with van der Waals surface area (Å²) < 4.78 is 0. The van der Waals surface area contributed by atoms with Crippen molar-refractivity contribution in [1.82, 2.24) is 15.3 Å². The molecular formula is C16H14N4O2. The molecule has 22 heavy (non-hydrogen) atoms. The summed E-state index contributed by atoms with van der Waals surface area (Å²) in [4.78, 5) is 30.4. The van der Waals surface area contributed by atoms with Gasteiger partial charge in [-0.05, 0) is 17.7 Å². The summed E-state index contributed by atoms with van der Waals surface area (Å²) >= 11 is 0. The molecular weight excluding hydrogens is 280 g/mol. The molecule has 0 spiro atoms. The number of hydrogen-bond donors (Lipinski definition) is 3. The number of nitrogens with one attached hydrogen (secondary N) is 2. The van der Waals surface area contributed by atoms with Gasteiger partial charge in [-0.25, -0.2) is 4.98 Å². The Hall–Kier alpha value is -3.15. The molecule has 4 N–H and O–H groups in total. The van der Waals surface area contributed by atoms with E-state index in [1.807, 2.05) is 30.3 Å². The standard InChI is InChI=1S/C16H14N4O2/c17-14(21)15-19-12-8-4-7-11(13(12)20-15)16(22)18-9-10-5-2-1-3-6-10/h1-8H,9H2,(H2,17,21)(H,18,22)(H,19,20). The van der Waals surface area contributed by atoms with Gasteiger partial charge in [0, 0.05) is 6.54 Å². The smallest absolute Gasteiger partial charge is 0.284 e. The first-order valence-electron chi connectivity index (χ1n) is 6.76. The average molecular weight is 294 g/mol. The van der Waals surface area contributed by atoms with Gasteiger partial charge in [0.05, 0.1) is 11.1 Å². The highest BCUT2D eigenvalue weighted by molar-refractivity contribution is 6.06. The predicted octanol–water partition coefficient (Wildman–Crippen LogP) is 1.59. The Labute approximate surface area is 126 Å². The highest BCUT2D eigenvalue weighted by atomic mass is 16.2. The van der Waals surface area contributed by atoms with Crippen molar-refractivity contribution < 1.29 is 9.59 Å². The molecule has 0 radical (unpaired) electrons. The topological polar surface area (TPSA) is 101 Å². The molecule has 0 unspecified atom stereocenters. The highest BCUT2D eigenvalue weighted by Gasteiger charge is 2.15. The van der Waals surface area contributed by atoms with Crippen molar-refractivity contribution in [3.8, 4) is 0 Å². The summed E-state index contributed by atoms with van der Waals surface area (Å²) in [6.45, 7) is 0.420. The van der Waals surface area contributed by atoms with E-state index in [0.717, 1.165) is 5.56 Å². The third kappa shape index (κ3) is 2.67. The number of fused-ring (bicyclic) bond motifs is 1. The lowest BCUT2D eigenvalue weighted by atomic mass is 10.1. The number of carbonyl (C=O) groups excluding carboxylic acids is 2. The number of benzene rings is 2. The van der Waals surface area contributed by atoms with Crippen molar-refractivity contribution in [2.24, 2.45) is 5.73 Å². The monoisotopic (exact) mass is 294 g/mol. The maximum atomic E-state index is 12.3. The van der Waals surface area contributed by atoms with E-state index < -0.39 is 5.91 Å². The molecule has 0 aliphatic rings. The Balaban J connectivity index is 1.86. The van der Waals surface area contributed by atoms with Crippen LogP contribution in [0.25, 0.3) is 11.0 Å². The van der Waals surface area contributed by atoms with E-state index in [0.29, 0.717) is 23.1 Å². The molecule has 0 bridgehead atoms. The zero-order valence-corrected chi connectivity index (χ0v) is 11.7. The van der Waals surface area contributed by atoms with Gasteiger partial charge in [-0.1, -0.05) is 36.4 Å². The number of rotatable bonds is 4. The van der Waals surface area contributed by atoms with E-state index in [9.17, 15) is 9.59 Å². The van der Waals surface area contributed by atoms with Crippen LogP contribution < -0.4 is 11.1 Å². The Kier molecular flexibility index (Phi) is 3.57. The number of amides is 2. The van der Waals surface area contributed by atoms with Crippen molar-refractivity contribution in [3.05, 3.63) is 65.5 Å². The molecule has 1 heterocycles. The van der Waals surface area contributed by atoms with Crippen LogP contribution in [0.5, 0.6) is 0 Å². The molecule has 0 saturated heterocycles. The number of aromatic nitrogens is 2. The predicted molar refractivity (Wildman–Crippen MR) is 82.2 cm³/mol. The lowest BCUT2D eigenvalue weighted by Gasteiger charge is -2.05. The number of nitrogens with zero attached hydrogens (tertiary/aromatic N) is 1. The first-order chi connectivity index (χ1) is 10.6. The second-order valence-corrected chi connectivity index (χ2v) is 4.82. The lowest BCUT2D eigenvalue weighted by Crippen LogP contribution is -2.23. The van der Waals surface area contributed by atoms with Crippen molar-refractivity contribution in [2.45, 2.75) is 6.54 Å². The number of carbonyl (C=O) groups is 2. The van der Waals surface area contributed by atoms with Crippen molar-refractivity contribution in [3.63, 3.8) is 0 Å². The molecule has 0 saturated carbocycles. The summed E-state index contributed by atoms with van der Waals surface area (Å²) in [5.74, 6) is -0.873. The van der Waals surface area contributed by atoms with Gasteiger partial charge in [0.1, 0.15) is 5.52 Å². The Morgan fingerprint density at radius 3 is 2.59 bits per heavy atom. The van der Waals surface area contributed by atoms with E-state index in [1.165, 1.54) is 0 Å². The summed E-state index contributed by atoms with van der Waals surface area (Å²) in [6.07, 6.45) is 0. The first kappa shape index (κ1) is 13.8. The van der Waals surface area contributed by atoms with Crippen LogP contribution in [-0.2, 0) is 6.54 Å². The molecule has 2 aromatic carbocycles. The summed E-state index contributed by atoms with van der Waals surface area (Å²) in [5, 5.41) is 2.84. The molecule has 110 valence electrons. The SMILES string of the molecule is NC(=O)c1nc2c(C(=O)NCc3ccccc3)cccc2[nH]1. The van der Waals surface area contributed by atoms with Gasteiger partial charge in [0.25, 0.3) is 11.8 Å². The molecule has 3 aromatic rings. The van der Waals surface area contributed by atoms with Gasteiger partial charge in [0.15, 0.2) is 5.82 Å². The second kappa shape index (κ2) is 5.69. The fourth-order valence-corrected chi connectivity index (χ4v) is 2.21. The second-order valence-electron chi connectivity index (χ2n) is 4.82. The third-order valence-electron chi connectivity index (χ3n) is 3.29. The van der Waals surface area contributed by atoms with Crippen LogP contribution in [0.1, 0.15) is 26.5 Å². The average Bonchev–Trinajstić information content (AvgIpc) is 2.98. The van der Waals surface area contributed by atoms with Gasteiger partial charge in [0.2, 0.25) is 0 Å². The molecule has 3 rings (SSSR count). The number of para-hydroxylation sites is 1. The maximum absolute atomic E-state index is 12.3. The number of primary amides is 1. The summed E-state index contributed by atoms with van der Waals surface area (Å²) in [5.41, 5.74) is 7.64. The number of hydrogen-bond acceptors (Lipinski definition) is 3. The van der Waals surface area contributed by atoms with Crippen LogP contribution in [0.15, 0.2) is 48.5 Å². The lowest BCUT2D eigenvalue weighted by molar-refractivity contribution is 0.0950. The van der Waals surface area contributed by atoms with Crippen LogP contribution >= 0.6 is 0 Å². The van der Waals surface area contributed by atoms with Gasteiger partial charge in [-0.3, -0.25) is 9.59 Å². The van der Waals surface area contributed by atoms with Crippen LogP contribution in [0.2, 0.25) is 0 Å². The molecule has 6 heteroatoms. The van der Waals surface area contributed by atoms with Crippen molar-refractivity contribution >= 4 is 22.8 Å². The van der Waals surface area contributed by atoms with Crippen LogP contribution in [0, 0.1) is 0 Å². The Morgan fingerprint density at radius 2 is 1.86 bits per heavy atom. The maximum Gasteiger partial charge on any atom is 0.284 e. The third-order valence-corrected chi connectivity index (χ3v) is 3.29. The largest absolute Gasteiger partial charge is 0.363 e. The molecule has 6 nitrogen and oxygen atoms in total. The number of nitrogens with two attached hydrogens (primary N) is 1. The van der Waals surface area contributed by atoms with E-state index >= 15 is 0 Å². The molecule has 0 fully saturated rings. The Morgan fingerprint density at radius 1 is 1.09 bits per heavy atom. The zero-order valence-electron chi connectivity index (χ0n) is 11.7. The summed E-state index contributed by atoms with van der Waals surface area (Å²) in [6, 6.07) is 14.7. The van der Waals surface area contributed by atoms with Gasteiger partial charge in [-0.15, -0.1) is 0 Å². The van der Waals surface area contributed by atoms with E-state index in [4.69, 9.17) is 5.73 Å². The number of imidazole rings is 1. The zero-order chi connectivity index (χ0) is 15.5. The quantitative estimate of drug-likeness (QED) is 0.681. The van der Waals surface area contributed by atoms with Crippen molar-refractivity contribution in [1.29, 1.82) is 0 Å². The number of aromatic amines is 1.